The smallest absolute Gasteiger partial charge is 0.260 e. The minimum absolute atomic E-state index is 0.0717. The SMILES string of the molecule is CN(Cc1ccc(Cl)c(Cl)c1)C(=O)COc1ccc(-c2nnco2)cc1. The Morgan fingerprint density at radius 2 is 1.92 bits per heavy atom. The van der Waals surface area contributed by atoms with Crippen molar-refractivity contribution in [2.24, 2.45) is 0 Å². The fourth-order valence-electron chi connectivity index (χ4n) is 2.25. The van der Waals surface area contributed by atoms with Crippen molar-refractivity contribution in [1.82, 2.24) is 15.1 Å². The standard InChI is InChI=1S/C18H15Cl2N3O3/c1-23(9-12-2-7-15(19)16(20)8-12)17(24)10-25-14-5-3-13(4-6-14)18-22-21-11-26-18/h2-8,11H,9-10H2,1H3. The normalized spacial score (nSPS) is 10.6. The molecule has 1 aromatic heterocycles. The molecule has 0 bridgehead atoms. The Morgan fingerprint density at radius 1 is 1.15 bits per heavy atom. The van der Waals surface area contributed by atoms with E-state index in [0.717, 1.165) is 11.1 Å². The number of aromatic nitrogens is 2. The van der Waals surface area contributed by atoms with Crippen LogP contribution < -0.4 is 4.74 Å². The minimum Gasteiger partial charge on any atom is -0.484 e. The predicted molar refractivity (Wildman–Crippen MR) is 98.2 cm³/mol. The van der Waals surface area contributed by atoms with Crippen molar-refractivity contribution in [3.63, 3.8) is 0 Å². The topological polar surface area (TPSA) is 68.5 Å². The van der Waals surface area contributed by atoms with E-state index in [1.807, 2.05) is 6.07 Å². The van der Waals surface area contributed by atoms with Crippen molar-refractivity contribution in [2.45, 2.75) is 6.54 Å². The number of carbonyl (C=O) groups is 1. The van der Waals surface area contributed by atoms with Gasteiger partial charge >= 0.3 is 0 Å². The quantitative estimate of drug-likeness (QED) is 0.632. The molecule has 8 heteroatoms. The van der Waals surface area contributed by atoms with Crippen LogP contribution in [0.1, 0.15) is 5.56 Å². The van der Waals surface area contributed by atoms with Gasteiger partial charge in [-0.15, -0.1) is 10.2 Å². The van der Waals surface area contributed by atoms with Crippen LogP contribution in [0.25, 0.3) is 11.5 Å². The number of carbonyl (C=O) groups excluding carboxylic acids is 1. The van der Waals surface area contributed by atoms with Gasteiger partial charge in [0.05, 0.1) is 10.0 Å². The van der Waals surface area contributed by atoms with Gasteiger partial charge in [-0.05, 0) is 42.0 Å². The molecule has 1 amide bonds. The summed E-state index contributed by atoms with van der Waals surface area (Å²) in [6, 6.07) is 12.3. The van der Waals surface area contributed by atoms with E-state index in [1.165, 1.54) is 6.39 Å². The van der Waals surface area contributed by atoms with Crippen LogP contribution in [0, 0.1) is 0 Å². The summed E-state index contributed by atoms with van der Waals surface area (Å²) in [5.41, 5.74) is 1.66. The molecule has 3 rings (SSSR count). The summed E-state index contributed by atoms with van der Waals surface area (Å²) in [5, 5.41) is 8.40. The average molecular weight is 392 g/mol. The van der Waals surface area contributed by atoms with Crippen molar-refractivity contribution < 1.29 is 13.9 Å². The number of nitrogens with zero attached hydrogens (tertiary/aromatic N) is 3. The van der Waals surface area contributed by atoms with Crippen LogP contribution in [0.2, 0.25) is 10.0 Å². The molecule has 0 fully saturated rings. The van der Waals surface area contributed by atoms with Gasteiger partial charge in [-0.3, -0.25) is 4.79 Å². The lowest BCUT2D eigenvalue weighted by molar-refractivity contribution is -0.132. The number of ether oxygens (including phenoxy) is 1. The van der Waals surface area contributed by atoms with E-state index in [-0.39, 0.29) is 12.5 Å². The Bertz CT molecular complexity index is 883. The Kier molecular flexibility index (Phi) is 5.75. The summed E-state index contributed by atoms with van der Waals surface area (Å²) >= 11 is 11.9. The van der Waals surface area contributed by atoms with E-state index in [9.17, 15) is 4.79 Å². The molecule has 3 aromatic rings. The van der Waals surface area contributed by atoms with Gasteiger partial charge in [0.2, 0.25) is 12.3 Å². The molecule has 0 saturated heterocycles. The molecule has 0 atom stereocenters. The molecule has 0 aliphatic heterocycles. The highest BCUT2D eigenvalue weighted by Gasteiger charge is 2.11. The van der Waals surface area contributed by atoms with Crippen LogP contribution in [0.3, 0.4) is 0 Å². The van der Waals surface area contributed by atoms with Crippen molar-refractivity contribution in [1.29, 1.82) is 0 Å². The second-order valence-electron chi connectivity index (χ2n) is 5.56. The molecule has 0 saturated carbocycles. The molecule has 1 heterocycles. The summed E-state index contributed by atoms with van der Waals surface area (Å²) in [6.07, 6.45) is 1.27. The Hall–Kier alpha value is -2.57. The predicted octanol–water partition coefficient (Wildman–Crippen LogP) is 4.08. The molecule has 26 heavy (non-hydrogen) atoms. The fourth-order valence-corrected chi connectivity index (χ4v) is 2.57. The second kappa shape index (κ2) is 8.21. The summed E-state index contributed by atoms with van der Waals surface area (Å²) in [6.45, 7) is 0.340. The zero-order valence-electron chi connectivity index (χ0n) is 13.9. The number of rotatable bonds is 6. The summed E-state index contributed by atoms with van der Waals surface area (Å²) in [4.78, 5) is 13.8. The van der Waals surface area contributed by atoms with Crippen LogP contribution in [0.4, 0.5) is 0 Å². The maximum Gasteiger partial charge on any atom is 0.260 e. The molecular formula is C18H15Cl2N3O3. The van der Waals surface area contributed by atoms with E-state index in [1.54, 1.807) is 48.3 Å². The third-order valence-electron chi connectivity index (χ3n) is 3.65. The number of amides is 1. The number of halogens is 2. The summed E-state index contributed by atoms with van der Waals surface area (Å²) in [5.74, 6) is 0.843. The van der Waals surface area contributed by atoms with Crippen LogP contribution in [-0.4, -0.2) is 34.7 Å². The Balaban J connectivity index is 1.53. The van der Waals surface area contributed by atoms with Gasteiger partial charge in [0.1, 0.15) is 5.75 Å². The molecule has 0 aliphatic carbocycles. The molecule has 6 nitrogen and oxygen atoms in total. The minimum atomic E-state index is -0.156. The van der Waals surface area contributed by atoms with E-state index in [4.69, 9.17) is 32.4 Å². The van der Waals surface area contributed by atoms with Gasteiger partial charge < -0.3 is 14.1 Å². The fraction of sp³-hybridized carbons (Fsp3) is 0.167. The summed E-state index contributed by atoms with van der Waals surface area (Å²) in [7, 11) is 1.70. The molecular weight excluding hydrogens is 377 g/mol. The first-order valence-electron chi connectivity index (χ1n) is 7.70. The third kappa shape index (κ3) is 4.53. The van der Waals surface area contributed by atoms with Gasteiger partial charge in [-0.2, -0.15) is 0 Å². The highest BCUT2D eigenvalue weighted by molar-refractivity contribution is 6.42. The van der Waals surface area contributed by atoms with Crippen molar-refractivity contribution in [3.8, 4) is 17.2 Å². The van der Waals surface area contributed by atoms with Gasteiger partial charge in [-0.1, -0.05) is 29.3 Å². The van der Waals surface area contributed by atoms with Gasteiger partial charge in [0.25, 0.3) is 5.91 Å². The zero-order chi connectivity index (χ0) is 18.5. The first-order chi connectivity index (χ1) is 12.5. The number of hydrogen-bond acceptors (Lipinski definition) is 5. The van der Waals surface area contributed by atoms with E-state index in [0.29, 0.717) is 28.2 Å². The van der Waals surface area contributed by atoms with Gasteiger partial charge in [0.15, 0.2) is 6.61 Å². The number of benzene rings is 2. The summed E-state index contributed by atoms with van der Waals surface area (Å²) < 4.78 is 10.7. The van der Waals surface area contributed by atoms with Gasteiger partial charge in [0, 0.05) is 19.2 Å². The van der Waals surface area contributed by atoms with Gasteiger partial charge in [-0.25, -0.2) is 0 Å². The van der Waals surface area contributed by atoms with Crippen LogP contribution >= 0.6 is 23.2 Å². The third-order valence-corrected chi connectivity index (χ3v) is 4.39. The van der Waals surface area contributed by atoms with E-state index in [2.05, 4.69) is 10.2 Å². The molecule has 2 aromatic carbocycles. The first-order valence-corrected chi connectivity index (χ1v) is 8.46. The molecule has 0 N–H and O–H groups in total. The van der Waals surface area contributed by atoms with Crippen molar-refractivity contribution in [3.05, 3.63) is 64.5 Å². The highest BCUT2D eigenvalue weighted by atomic mass is 35.5. The first kappa shape index (κ1) is 18.2. The second-order valence-corrected chi connectivity index (χ2v) is 6.37. The number of likely N-dealkylation sites (N-methyl/N-ethyl adjacent to an activating group) is 1. The Labute approximate surface area is 160 Å². The monoisotopic (exact) mass is 391 g/mol. The molecule has 134 valence electrons. The number of hydrogen-bond donors (Lipinski definition) is 0. The Morgan fingerprint density at radius 3 is 2.58 bits per heavy atom. The van der Waals surface area contributed by atoms with Crippen LogP contribution in [0.15, 0.2) is 53.3 Å². The molecule has 0 spiro atoms. The molecule has 0 aliphatic rings. The van der Waals surface area contributed by atoms with E-state index < -0.39 is 0 Å². The molecule has 0 unspecified atom stereocenters. The van der Waals surface area contributed by atoms with Crippen LogP contribution in [0.5, 0.6) is 5.75 Å². The zero-order valence-corrected chi connectivity index (χ0v) is 15.4. The lowest BCUT2D eigenvalue weighted by Gasteiger charge is -2.18. The lowest BCUT2D eigenvalue weighted by atomic mass is 10.2. The maximum absolute atomic E-state index is 12.2. The average Bonchev–Trinajstić information content (AvgIpc) is 3.18. The van der Waals surface area contributed by atoms with Crippen molar-refractivity contribution >= 4 is 29.1 Å². The lowest BCUT2D eigenvalue weighted by Crippen LogP contribution is -2.30. The van der Waals surface area contributed by atoms with Crippen LogP contribution in [-0.2, 0) is 11.3 Å². The van der Waals surface area contributed by atoms with Crippen molar-refractivity contribution in [2.75, 3.05) is 13.7 Å². The molecule has 0 radical (unpaired) electrons. The van der Waals surface area contributed by atoms with E-state index >= 15 is 0 Å². The highest BCUT2D eigenvalue weighted by Crippen LogP contribution is 2.23. The maximum atomic E-state index is 12.2. The largest absolute Gasteiger partial charge is 0.484 e.